The number of aryl methyl sites for hydroxylation is 1. The van der Waals surface area contributed by atoms with Crippen molar-refractivity contribution in [1.82, 2.24) is 24.0 Å². The van der Waals surface area contributed by atoms with Crippen molar-refractivity contribution < 1.29 is 14.3 Å². The van der Waals surface area contributed by atoms with Crippen molar-refractivity contribution in [1.29, 1.82) is 0 Å². The number of ether oxygens (including phenoxy) is 2. The zero-order valence-electron chi connectivity index (χ0n) is 20.1. The third-order valence-electron chi connectivity index (χ3n) is 6.66. The molecule has 2 atom stereocenters. The summed E-state index contributed by atoms with van der Waals surface area (Å²) in [7, 11) is 3.27. The van der Waals surface area contributed by atoms with Crippen LogP contribution in [0, 0.1) is 6.92 Å². The Bertz CT molecular complexity index is 1130. The first kappa shape index (κ1) is 23.7. The van der Waals surface area contributed by atoms with Crippen molar-refractivity contribution in [3.8, 4) is 17.4 Å². The zero-order chi connectivity index (χ0) is 24.1. The number of aromatic nitrogens is 4. The first-order valence-electron chi connectivity index (χ1n) is 11.7. The maximum atomic E-state index is 12.2. The molecular weight excluding hydrogens is 432 g/mol. The molecule has 1 aromatic carbocycles. The number of imidazole rings is 1. The van der Waals surface area contributed by atoms with Crippen molar-refractivity contribution in [3.05, 3.63) is 54.2 Å². The monoisotopic (exact) mass is 465 g/mol. The first-order chi connectivity index (χ1) is 16.4. The lowest BCUT2D eigenvalue weighted by atomic mass is 10.0. The quantitative estimate of drug-likeness (QED) is 0.512. The van der Waals surface area contributed by atoms with E-state index in [1.165, 1.54) is 0 Å². The lowest BCUT2D eigenvalue weighted by molar-refractivity contribution is -0.119. The fourth-order valence-electron chi connectivity index (χ4n) is 5.04. The number of hydrogen-bond donors (Lipinski definition) is 1. The molecular formula is C25H33N6O3+. The van der Waals surface area contributed by atoms with Gasteiger partial charge in [-0.2, -0.15) is 4.98 Å². The molecule has 4 rings (SSSR count). The van der Waals surface area contributed by atoms with Gasteiger partial charge in [0, 0.05) is 36.1 Å². The minimum Gasteiger partial charge on any atom is -0.493 e. The summed E-state index contributed by atoms with van der Waals surface area (Å²) in [6.07, 6.45) is 9.65. The van der Waals surface area contributed by atoms with Crippen LogP contribution in [0.2, 0.25) is 0 Å². The van der Waals surface area contributed by atoms with Gasteiger partial charge in [0.25, 0.3) is 0 Å². The van der Waals surface area contributed by atoms with Gasteiger partial charge in [0.2, 0.25) is 17.7 Å². The van der Waals surface area contributed by atoms with Crippen LogP contribution in [0.5, 0.6) is 11.5 Å². The van der Waals surface area contributed by atoms with E-state index in [1.54, 1.807) is 26.7 Å². The number of primary amides is 1. The Morgan fingerprint density at radius 3 is 2.68 bits per heavy atom. The maximum absolute atomic E-state index is 12.2. The number of nitrogens with two attached hydrogens (primary N) is 1. The van der Waals surface area contributed by atoms with Gasteiger partial charge in [-0.25, -0.2) is 9.97 Å². The fourth-order valence-corrected chi connectivity index (χ4v) is 5.04. The maximum Gasteiger partial charge on any atom is 0.240 e. The molecule has 180 valence electrons. The van der Waals surface area contributed by atoms with Crippen molar-refractivity contribution in [2.24, 2.45) is 5.73 Å². The second-order valence-corrected chi connectivity index (χ2v) is 8.92. The van der Waals surface area contributed by atoms with E-state index in [0.29, 0.717) is 34.9 Å². The van der Waals surface area contributed by atoms with E-state index in [2.05, 4.69) is 16.0 Å². The van der Waals surface area contributed by atoms with Gasteiger partial charge >= 0.3 is 0 Å². The number of hydrogen-bond acceptors (Lipinski definition) is 6. The number of amides is 1. The van der Waals surface area contributed by atoms with Crippen molar-refractivity contribution in [2.75, 3.05) is 20.8 Å². The summed E-state index contributed by atoms with van der Waals surface area (Å²) in [5, 5.41) is 0. The Labute approximate surface area is 200 Å². The fraction of sp³-hybridized carbons (Fsp3) is 0.440. The Kier molecular flexibility index (Phi) is 7.12. The van der Waals surface area contributed by atoms with Gasteiger partial charge in [-0.05, 0) is 44.4 Å². The van der Waals surface area contributed by atoms with Crippen LogP contribution in [-0.2, 0) is 11.3 Å². The normalized spacial score (nSPS) is 20.5. The number of carbonyl (C=O) groups is 1. The van der Waals surface area contributed by atoms with Crippen LogP contribution in [0.15, 0.2) is 43.0 Å². The molecule has 3 heterocycles. The Morgan fingerprint density at radius 1 is 1.15 bits per heavy atom. The largest absolute Gasteiger partial charge is 0.493 e. The molecule has 9 heteroatoms. The number of methoxy groups -OCH3 is 2. The zero-order valence-corrected chi connectivity index (χ0v) is 20.1. The number of carbonyl (C=O) groups excluding carboxylic acids is 1. The van der Waals surface area contributed by atoms with Gasteiger partial charge in [-0.1, -0.05) is 0 Å². The average molecular weight is 466 g/mol. The molecule has 34 heavy (non-hydrogen) atoms. The lowest BCUT2D eigenvalue weighted by Gasteiger charge is -2.42. The molecule has 3 aromatic rings. The number of benzene rings is 1. The molecule has 0 radical (unpaired) electrons. The smallest absolute Gasteiger partial charge is 0.240 e. The van der Waals surface area contributed by atoms with Crippen molar-refractivity contribution in [2.45, 2.75) is 51.6 Å². The predicted octanol–water partition coefficient (Wildman–Crippen LogP) is 3.31. The van der Waals surface area contributed by atoms with Crippen LogP contribution in [-0.4, -0.2) is 52.2 Å². The number of likely N-dealkylation sites (tertiary alicyclic amines) is 1. The summed E-state index contributed by atoms with van der Waals surface area (Å²) in [6.45, 7) is 3.48. The van der Waals surface area contributed by atoms with E-state index in [-0.39, 0.29) is 11.9 Å². The summed E-state index contributed by atoms with van der Waals surface area (Å²) >= 11 is 0. The number of nitrogens with zero attached hydrogens (tertiary/aromatic N) is 5. The minimum absolute atomic E-state index is 0.0121. The third-order valence-corrected chi connectivity index (χ3v) is 6.66. The summed E-state index contributed by atoms with van der Waals surface area (Å²) < 4.78 is 13.3. The lowest BCUT2D eigenvalue weighted by Crippen LogP contribution is -2.57. The molecule has 1 aliphatic heterocycles. The average Bonchev–Trinajstić information content (AvgIpc) is 3.29. The topological polar surface area (TPSA) is 105 Å². The summed E-state index contributed by atoms with van der Waals surface area (Å²) in [5.41, 5.74) is 7.70. The summed E-state index contributed by atoms with van der Waals surface area (Å²) in [5.74, 6) is 2.53. The van der Waals surface area contributed by atoms with Gasteiger partial charge < -0.3 is 15.2 Å². The molecule has 9 nitrogen and oxygen atoms in total. The molecule has 2 unspecified atom stereocenters. The molecule has 1 fully saturated rings. The van der Waals surface area contributed by atoms with Crippen LogP contribution in [0.1, 0.15) is 43.4 Å². The SMILES string of the molecule is COc1ccc(C[N+]2(c3cc(C)nc(-n4ccnc4)n3)CCCCCC2CC(N)=O)cc1OC. The Hall–Kier alpha value is -3.46. The van der Waals surface area contributed by atoms with Crippen LogP contribution in [0.4, 0.5) is 5.82 Å². The standard InChI is InChI=1S/C25H32N6O3/c1-18-13-24(29-25(28-18)30-11-10-27-17-30)31(12-6-4-5-7-20(31)15-23(26)32)16-19-8-9-21(33-2)22(14-19)34-3/h8-11,13-14,17,20H,4-7,12,15-16H2,1-3H3,(H-,26,32)/p+1. The van der Waals surface area contributed by atoms with E-state index in [4.69, 9.17) is 20.2 Å². The third kappa shape index (κ3) is 4.89. The minimum atomic E-state index is -0.290. The molecule has 1 aliphatic rings. The van der Waals surface area contributed by atoms with E-state index in [9.17, 15) is 4.79 Å². The highest BCUT2D eigenvalue weighted by Crippen LogP contribution is 2.37. The van der Waals surface area contributed by atoms with E-state index in [1.807, 2.05) is 35.9 Å². The predicted molar refractivity (Wildman–Crippen MR) is 130 cm³/mol. The molecule has 0 spiro atoms. The summed E-state index contributed by atoms with van der Waals surface area (Å²) in [6, 6.07) is 8.04. The van der Waals surface area contributed by atoms with Crippen molar-refractivity contribution in [3.63, 3.8) is 0 Å². The highest BCUT2D eigenvalue weighted by molar-refractivity contribution is 5.74. The van der Waals surface area contributed by atoms with Gasteiger partial charge in [0.15, 0.2) is 11.5 Å². The number of quaternary nitrogens is 1. The molecule has 2 N–H and O–H groups in total. The first-order valence-corrected chi connectivity index (χ1v) is 11.7. The van der Waals surface area contributed by atoms with E-state index < -0.39 is 0 Å². The Morgan fingerprint density at radius 2 is 1.97 bits per heavy atom. The van der Waals surface area contributed by atoms with Gasteiger partial charge in [-0.15, -0.1) is 0 Å². The molecule has 0 bridgehead atoms. The van der Waals surface area contributed by atoms with Gasteiger partial charge in [0.05, 0.1) is 27.2 Å². The molecule has 1 saturated heterocycles. The molecule has 1 amide bonds. The number of rotatable bonds is 8. The molecule has 2 aromatic heterocycles. The van der Waals surface area contributed by atoms with E-state index >= 15 is 0 Å². The Balaban J connectivity index is 1.87. The second-order valence-electron chi connectivity index (χ2n) is 8.92. The van der Waals surface area contributed by atoms with Crippen LogP contribution >= 0.6 is 0 Å². The van der Waals surface area contributed by atoms with Crippen LogP contribution in [0.25, 0.3) is 5.95 Å². The van der Waals surface area contributed by atoms with Crippen LogP contribution in [0.3, 0.4) is 0 Å². The highest BCUT2D eigenvalue weighted by Gasteiger charge is 2.43. The molecule has 0 saturated carbocycles. The molecule has 0 aliphatic carbocycles. The van der Waals surface area contributed by atoms with E-state index in [0.717, 1.165) is 49.3 Å². The van der Waals surface area contributed by atoms with Gasteiger partial charge in [-0.3, -0.25) is 13.8 Å². The summed E-state index contributed by atoms with van der Waals surface area (Å²) in [4.78, 5) is 26.0. The second kappa shape index (κ2) is 10.2. The van der Waals surface area contributed by atoms with Crippen molar-refractivity contribution >= 4 is 11.7 Å². The van der Waals surface area contributed by atoms with Gasteiger partial charge in [0.1, 0.15) is 18.9 Å². The highest BCUT2D eigenvalue weighted by atomic mass is 16.5. The van der Waals surface area contributed by atoms with Crippen LogP contribution < -0.4 is 19.7 Å².